The van der Waals surface area contributed by atoms with Crippen LogP contribution in [-0.4, -0.2) is 5.11 Å². The van der Waals surface area contributed by atoms with E-state index in [-0.39, 0.29) is 0 Å². The van der Waals surface area contributed by atoms with E-state index < -0.39 is 5.60 Å². The van der Waals surface area contributed by atoms with Gasteiger partial charge in [0.05, 0.1) is 0 Å². The summed E-state index contributed by atoms with van der Waals surface area (Å²) in [6.45, 7) is 6.48. The first-order valence-corrected chi connectivity index (χ1v) is 7.42. The number of fused-ring (bicyclic) bond motifs is 1. The lowest BCUT2D eigenvalue weighted by Crippen LogP contribution is -2.33. The Bertz CT molecular complexity index is 644. The Morgan fingerprint density at radius 2 is 1.70 bits per heavy atom. The summed E-state index contributed by atoms with van der Waals surface area (Å²) in [6, 6.07) is 14.6. The summed E-state index contributed by atoms with van der Waals surface area (Å²) in [6.07, 6.45) is 1.83. The van der Waals surface area contributed by atoms with Gasteiger partial charge in [-0.2, -0.15) is 0 Å². The summed E-state index contributed by atoms with van der Waals surface area (Å²) in [5.41, 5.74) is 5.07. The van der Waals surface area contributed by atoms with Gasteiger partial charge in [-0.25, -0.2) is 0 Å². The summed E-state index contributed by atoms with van der Waals surface area (Å²) in [4.78, 5) is 0. The van der Waals surface area contributed by atoms with E-state index in [2.05, 4.69) is 57.2 Å². The largest absolute Gasteiger partial charge is 0.380 e. The van der Waals surface area contributed by atoms with Crippen molar-refractivity contribution in [3.8, 4) is 0 Å². The van der Waals surface area contributed by atoms with Crippen LogP contribution in [0.5, 0.6) is 0 Å². The molecule has 2 atom stereocenters. The van der Waals surface area contributed by atoms with E-state index in [1.165, 1.54) is 16.7 Å². The quantitative estimate of drug-likeness (QED) is 0.809. The van der Waals surface area contributed by atoms with Crippen molar-refractivity contribution >= 4 is 0 Å². The molecule has 0 spiro atoms. The Morgan fingerprint density at radius 3 is 2.50 bits per heavy atom. The molecule has 1 aliphatic carbocycles. The molecule has 3 rings (SSSR count). The molecular weight excluding hydrogens is 244 g/mol. The van der Waals surface area contributed by atoms with E-state index in [1.54, 1.807) is 0 Å². The molecule has 20 heavy (non-hydrogen) atoms. The van der Waals surface area contributed by atoms with Crippen LogP contribution in [0.15, 0.2) is 42.5 Å². The lowest BCUT2D eigenvalue weighted by Gasteiger charge is -2.38. The highest BCUT2D eigenvalue weighted by Crippen LogP contribution is 2.46. The SMILES string of the molecule is Cc1cccc(C2(O)CCC(C)c3ccccc32)c1C. The fourth-order valence-corrected chi connectivity index (χ4v) is 3.50. The zero-order valence-electron chi connectivity index (χ0n) is 12.5. The first-order chi connectivity index (χ1) is 9.54. The van der Waals surface area contributed by atoms with Crippen LogP contribution in [0.2, 0.25) is 0 Å². The summed E-state index contributed by atoms with van der Waals surface area (Å²) in [5, 5.41) is 11.4. The van der Waals surface area contributed by atoms with Gasteiger partial charge in [0.25, 0.3) is 0 Å². The van der Waals surface area contributed by atoms with E-state index in [0.717, 1.165) is 24.0 Å². The van der Waals surface area contributed by atoms with Crippen molar-refractivity contribution in [3.05, 3.63) is 70.3 Å². The van der Waals surface area contributed by atoms with Crippen LogP contribution in [0.4, 0.5) is 0 Å². The predicted molar refractivity (Wildman–Crippen MR) is 83.0 cm³/mol. The fraction of sp³-hybridized carbons (Fsp3) is 0.368. The summed E-state index contributed by atoms with van der Waals surface area (Å²) >= 11 is 0. The third-order valence-corrected chi connectivity index (χ3v) is 4.93. The van der Waals surface area contributed by atoms with Gasteiger partial charge in [0.1, 0.15) is 5.60 Å². The minimum absolute atomic E-state index is 0.525. The van der Waals surface area contributed by atoms with Gasteiger partial charge >= 0.3 is 0 Å². The highest BCUT2D eigenvalue weighted by molar-refractivity contribution is 5.48. The maximum atomic E-state index is 11.4. The number of aryl methyl sites for hydroxylation is 1. The normalized spacial score (nSPS) is 25.3. The highest BCUT2D eigenvalue weighted by atomic mass is 16.3. The number of hydrogen-bond acceptors (Lipinski definition) is 1. The maximum Gasteiger partial charge on any atom is 0.115 e. The third kappa shape index (κ3) is 1.89. The Hall–Kier alpha value is -1.60. The molecule has 0 saturated heterocycles. The van der Waals surface area contributed by atoms with Crippen molar-refractivity contribution in [3.63, 3.8) is 0 Å². The molecule has 0 aliphatic heterocycles. The first-order valence-electron chi connectivity index (χ1n) is 7.42. The minimum Gasteiger partial charge on any atom is -0.380 e. The van der Waals surface area contributed by atoms with Gasteiger partial charge in [-0.3, -0.25) is 0 Å². The zero-order chi connectivity index (χ0) is 14.3. The van der Waals surface area contributed by atoms with Crippen LogP contribution in [0.1, 0.15) is 53.5 Å². The molecule has 1 N–H and O–H groups in total. The molecule has 0 fully saturated rings. The maximum absolute atomic E-state index is 11.4. The van der Waals surface area contributed by atoms with Gasteiger partial charge < -0.3 is 5.11 Å². The standard InChI is InChI=1S/C19H22O/c1-13-7-6-10-17(15(13)3)19(20)12-11-14(2)16-8-4-5-9-18(16)19/h4-10,14,20H,11-12H2,1-3H3. The van der Waals surface area contributed by atoms with E-state index in [1.807, 2.05) is 6.07 Å². The van der Waals surface area contributed by atoms with Crippen LogP contribution in [0, 0.1) is 13.8 Å². The Labute approximate surface area is 121 Å². The molecule has 0 heterocycles. The van der Waals surface area contributed by atoms with Crippen LogP contribution in [0.3, 0.4) is 0 Å². The monoisotopic (exact) mass is 266 g/mol. The number of hydrogen-bond donors (Lipinski definition) is 1. The van der Waals surface area contributed by atoms with E-state index >= 15 is 0 Å². The highest BCUT2D eigenvalue weighted by Gasteiger charge is 2.39. The lowest BCUT2D eigenvalue weighted by molar-refractivity contribution is 0.0573. The molecule has 104 valence electrons. The molecule has 2 aromatic carbocycles. The summed E-state index contributed by atoms with van der Waals surface area (Å²) in [7, 11) is 0. The van der Waals surface area contributed by atoms with Gasteiger partial charge in [0, 0.05) is 0 Å². The van der Waals surface area contributed by atoms with Crippen molar-refractivity contribution < 1.29 is 5.11 Å². The van der Waals surface area contributed by atoms with Gasteiger partial charge in [0.2, 0.25) is 0 Å². The molecule has 0 aromatic heterocycles. The van der Waals surface area contributed by atoms with Crippen LogP contribution in [0.25, 0.3) is 0 Å². The minimum atomic E-state index is -0.834. The molecule has 0 bridgehead atoms. The Morgan fingerprint density at radius 1 is 1.00 bits per heavy atom. The van der Waals surface area contributed by atoms with Crippen LogP contribution < -0.4 is 0 Å². The smallest absolute Gasteiger partial charge is 0.115 e. The second-order valence-electron chi connectivity index (χ2n) is 6.13. The van der Waals surface area contributed by atoms with Crippen LogP contribution >= 0.6 is 0 Å². The Balaban J connectivity index is 2.23. The van der Waals surface area contributed by atoms with Gasteiger partial charge in [-0.1, -0.05) is 49.4 Å². The summed E-state index contributed by atoms with van der Waals surface area (Å²) in [5.74, 6) is 0.525. The van der Waals surface area contributed by atoms with Crippen molar-refractivity contribution in [2.75, 3.05) is 0 Å². The van der Waals surface area contributed by atoms with E-state index in [9.17, 15) is 5.11 Å². The Kier molecular flexibility index (Phi) is 3.18. The third-order valence-electron chi connectivity index (χ3n) is 4.93. The zero-order valence-corrected chi connectivity index (χ0v) is 12.5. The molecular formula is C19H22O. The van der Waals surface area contributed by atoms with Gasteiger partial charge in [-0.15, -0.1) is 0 Å². The topological polar surface area (TPSA) is 20.2 Å². The summed E-state index contributed by atoms with van der Waals surface area (Å²) < 4.78 is 0. The number of aliphatic hydroxyl groups is 1. The second-order valence-corrected chi connectivity index (χ2v) is 6.13. The average molecular weight is 266 g/mol. The lowest BCUT2D eigenvalue weighted by atomic mass is 9.70. The van der Waals surface area contributed by atoms with Crippen molar-refractivity contribution in [2.24, 2.45) is 0 Å². The molecule has 1 heteroatoms. The first kappa shape index (κ1) is 13.4. The molecule has 2 aromatic rings. The molecule has 0 amide bonds. The second kappa shape index (κ2) is 4.75. The number of rotatable bonds is 1. The van der Waals surface area contributed by atoms with E-state index in [4.69, 9.17) is 0 Å². The fourth-order valence-electron chi connectivity index (χ4n) is 3.50. The molecule has 0 saturated carbocycles. The molecule has 2 unspecified atom stereocenters. The predicted octanol–water partition coefficient (Wildman–Crippen LogP) is 4.44. The van der Waals surface area contributed by atoms with Crippen LogP contribution in [-0.2, 0) is 5.60 Å². The van der Waals surface area contributed by atoms with E-state index in [0.29, 0.717) is 5.92 Å². The van der Waals surface area contributed by atoms with Crippen molar-refractivity contribution in [1.29, 1.82) is 0 Å². The van der Waals surface area contributed by atoms with Crippen molar-refractivity contribution in [2.45, 2.75) is 45.1 Å². The molecule has 0 radical (unpaired) electrons. The van der Waals surface area contributed by atoms with Crippen molar-refractivity contribution in [1.82, 2.24) is 0 Å². The molecule has 1 nitrogen and oxygen atoms in total. The number of benzene rings is 2. The average Bonchev–Trinajstić information content (AvgIpc) is 2.46. The van der Waals surface area contributed by atoms with Gasteiger partial charge in [-0.05, 0) is 60.4 Å². The van der Waals surface area contributed by atoms with Gasteiger partial charge in [0.15, 0.2) is 0 Å². The molecule has 1 aliphatic rings.